The van der Waals surface area contributed by atoms with Crippen molar-refractivity contribution in [1.29, 1.82) is 5.26 Å². The molecular weight excluding hydrogens is 380 g/mol. The number of hydrogen-bond acceptors (Lipinski definition) is 5. The van der Waals surface area contributed by atoms with E-state index in [1.807, 2.05) is 18.2 Å². The van der Waals surface area contributed by atoms with Crippen LogP contribution in [0.4, 0.5) is 4.79 Å². The quantitative estimate of drug-likeness (QED) is 0.588. The lowest BCUT2D eigenvalue weighted by Gasteiger charge is -2.36. The van der Waals surface area contributed by atoms with E-state index in [0.29, 0.717) is 24.5 Å². The molecule has 0 bridgehead atoms. The lowest BCUT2D eigenvalue weighted by molar-refractivity contribution is 0.135. The number of rotatable bonds is 8. The SMILES string of the molecule is CCCCOC(=O)NC1CCCC(C#N)(c2ccc(OC)c(OC3CCCC3)c2)C1. The average Bonchev–Trinajstić information content (AvgIpc) is 3.27. The molecule has 2 fully saturated rings. The van der Waals surface area contributed by atoms with Crippen LogP contribution < -0.4 is 14.8 Å². The molecule has 2 atom stereocenters. The Morgan fingerprint density at radius 1 is 1.23 bits per heavy atom. The summed E-state index contributed by atoms with van der Waals surface area (Å²) in [5, 5.41) is 13.1. The van der Waals surface area contributed by atoms with Gasteiger partial charge in [-0.25, -0.2) is 4.79 Å². The van der Waals surface area contributed by atoms with Gasteiger partial charge < -0.3 is 19.5 Å². The van der Waals surface area contributed by atoms with Crippen molar-refractivity contribution in [2.24, 2.45) is 0 Å². The Bertz CT molecular complexity index is 754. The molecule has 0 aliphatic heterocycles. The number of nitrogens with zero attached hydrogens (tertiary/aromatic N) is 1. The Morgan fingerprint density at radius 2 is 2.03 bits per heavy atom. The first kappa shape index (κ1) is 22.3. The van der Waals surface area contributed by atoms with Gasteiger partial charge in [0.2, 0.25) is 0 Å². The second-order valence-corrected chi connectivity index (χ2v) is 8.51. The summed E-state index contributed by atoms with van der Waals surface area (Å²) in [6.45, 7) is 2.49. The predicted molar refractivity (Wildman–Crippen MR) is 115 cm³/mol. The Balaban J connectivity index is 1.74. The summed E-state index contributed by atoms with van der Waals surface area (Å²) in [7, 11) is 1.64. The van der Waals surface area contributed by atoms with Gasteiger partial charge in [0, 0.05) is 6.04 Å². The number of benzene rings is 1. The topological polar surface area (TPSA) is 80.6 Å². The molecule has 6 nitrogen and oxygen atoms in total. The Morgan fingerprint density at radius 3 is 2.73 bits per heavy atom. The monoisotopic (exact) mass is 414 g/mol. The second kappa shape index (κ2) is 10.6. The van der Waals surface area contributed by atoms with Crippen molar-refractivity contribution in [3.63, 3.8) is 0 Å². The van der Waals surface area contributed by atoms with Crippen molar-refractivity contribution < 1.29 is 19.0 Å². The zero-order valence-electron chi connectivity index (χ0n) is 18.2. The maximum Gasteiger partial charge on any atom is 0.407 e. The summed E-state index contributed by atoms with van der Waals surface area (Å²) in [6, 6.07) is 8.32. The molecule has 164 valence electrons. The largest absolute Gasteiger partial charge is 0.493 e. The van der Waals surface area contributed by atoms with Crippen LogP contribution in [0.25, 0.3) is 0 Å². The maximum atomic E-state index is 12.1. The van der Waals surface area contributed by atoms with E-state index in [4.69, 9.17) is 14.2 Å². The molecule has 1 aromatic carbocycles. The van der Waals surface area contributed by atoms with Gasteiger partial charge in [-0.2, -0.15) is 5.26 Å². The highest BCUT2D eigenvalue weighted by molar-refractivity contribution is 5.67. The van der Waals surface area contributed by atoms with Crippen LogP contribution in [0.15, 0.2) is 18.2 Å². The van der Waals surface area contributed by atoms with E-state index in [0.717, 1.165) is 50.5 Å². The molecule has 30 heavy (non-hydrogen) atoms. The Labute approximate surface area is 179 Å². The van der Waals surface area contributed by atoms with E-state index < -0.39 is 5.41 Å². The first-order valence-corrected chi connectivity index (χ1v) is 11.3. The first-order valence-electron chi connectivity index (χ1n) is 11.3. The summed E-state index contributed by atoms with van der Waals surface area (Å²) in [6.07, 6.45) is 9.23. The summed E-state index contributed by atoms with van der Waals surface area (Å²) < 4.78 is 17.0. The molecule has 1 aromatic rings. The van der Waals surface area contributed by atoms with E-state index in [1.54, 1.807) is 7.11 Å². The number of alkyl carbamates (subject to hydrolysis) is 1. The molecule has 0 saturated heterocycles. The second-order valence-electron chi connectivity index (χ2n) is 8.51. The molecule has 0 aromatic heterocycles. The van der Waals surface area contributed by atoms with Crippen molar-refractivity contribution >= 4 is 6.09 Å². The van der Waals surface area contributed by atoms with E-state index >= 15 is 0 Å². The number of amides is 1. The fraction of sp³-hybridized carbons (Fsp3) is 0.667. The van der Waals surface area contributed by atoms with Gasteiger partial charge in [-0.3, -0.25) is 0 Å². The molecule has 3 rings (SSSR count). The third kappa shape index (κ3) is 5.38. The molecule has 0 radical (unpaired) electrons. The molecule has 2 unspecified atom stereocenters. The van der Waals surface area contributed by atoms with Crippen LogP contribution in [0.2, 0.25) is 0 Å². The summed E-state index contributed by atoms with van der Waals surface area (Å²) >= 11 is 0. The Hall–Kier alpha value is -2.42. The van der Waals surface area contributed by atoms with Gasteiger partial charge in [-0.05, 0) is 75.5 Å². The molecule has 2 aliphatic carbocycles. The van der Waals surface area contributed by atoms with Crippen molar-refractivity contribution in [1.82, 2.24) is 5.32 Å². The minimum atomic E-state index is -0.653. The highest BCUT2D eigenvalue weighted by Crippen LogP contribution is 2.42. The lowest BCUT2D eigenvalue weighted by atomic mass is 9.68. The predicted octanol–water partition coefficient (Wildman–Crippen LogP) is 5.25. The maximum absolute atomic E-state index is 12.1. The third-order valence-electron chi connectivity index (χ3n) is 6.33. The number of carbonyl (C=O) groups is 1. The van der Waals surface area contributed by atoms with Crippen LogP contribution in [0.5, 0.6) is 11.5 Å². The van der Waals surface area contributed by atoms with Crippen LogP contribution >= 0.6 is 0 Å². The van der Waals surface area contributed by atoms with Crippen LogP contribution in [0.3, 0.4) is 0 Å². The van der Waals surface area contributed by atoms with Crippen molar-refractivity contribution in [2.45, 2.75) is 88.7 Å². The highest BCUT2D eigenvalue weighted by Gasteiger charge is 2.39. The molecule has 1 N–H and O–H groups in total. The van der Waals surface area contributed by atoms with Crippen molar-refractivity contribution in [3.05, 3.63) is 23.8 Å². The minimum Gasteiger partial charge on any atom is -0.493 e. The van der Waals surface area contributed by atoms with Crippen LogP contribution in [-0.2, 0) is 10.2 Å². The summed E-state index contributed by atoms with van der Waals surface area (Å²) in [5.74, 6) is 1.41. The summed E-state index contributed by atoms with van der Waals surface area (Å²) in [5.41, 5.74) is 0.282. The van der Waals surface area contributed by atoms with E-state index in [-0.39, 0.29) is 18.2 Å². The number of methoxy groups -OCH3 is 1. The molecule has 0 heterocycles. The fourth-order valence-corrected chi connectivity index (χ4v) is 4.60. The third-order valence-corrected chi connectivity index (χ3v) is 6.33. The smallest absolute Gasteiger partial charge is 0.407 e. The van der Waals surface area contributed by atoms with Crippen molar-refractivity contribution in [3.8, 4) is 17.6 Å². The van der Waals surface area contributed by atoms with E-state index in [2.05, 4.69) is 18.3 Å². The van der Waals surface area contributed by atoms with E-state index in [9.17, 15) is 10.1 Å². The lowest BCUT2D eigenvalue weighted by Crippen LogP contribution is -2.44. The van der Waals surface area contributed by atoms with Gasteiger partial charge in [0.25, 0.3) is 0 Å². The number of nitriles is 1. The molecule has 0 spiro atoms. The van der Waals surface area contributed by atoms with Gasteiger partial charge in [0.05, 0.1) is 31.3 Å². The number of unbranched alkanes of at least 4 members (excludes halogenated alkanes) is 1. The number of carbonyl (C=O) groups excluding carboxylic acids is 1. The van der Waals surface area contributed by atoms with E-state index in [1.165, 1.54) is 12.8 Å². The standard InChI is InChI=1S/C24H34N2O4/c1-3-4-14-29-23(27)26-19-8-7-13-24(16-19,17-25)18-11-12-21(28-2)22(15-18)30-20-9-5-6-10-20/h11-12,15,19-20H,3-10,13-14,16H2,1-2H3,(H,26,27). The highest BCUT2D eigenvalue weighted by atomic mass is 16.5. The van der Waals surface area contributed by atoms with Gasteiger partial charge in [-0.1, -0.05) is 19.4 Å². The normalized spacial score (nSPS) is 24.1. The van der Waals surface area contributed by atoms with Crippen LogP contribution in [0, 0.1) is 11.3 Å². The van der Waals surface area contributed by atoms with Crippen LogP contribution in [-0.4, -0.2) is 32.0 Å². The fourth-order valence-electron chi connectivity index (χ4n) is 4.60. The Kier molecular flexibility index (Phi) is 7.84. The summed E-state index contributed by atoms with van der Waals surface area (Å²) in [4.78, 5) is 12.1. The number of hydrogen-bond donors (Lipinski definition) is 1. The first-order chi connectivity index (χ1) is 14.6. The number of ether oxygens (including phenoxy) is 3. The zero-order valence-corrected chi connectivity index (χ0v) is 18.2. The molecule has 1 amide bonds. The van der Waals surface area contributed by atoms with Gasteiger partial charge in [-0.15, -0.1) is 0 Å². The van der Waals surface area contributed by atoms with Gasteiger partial charge >= 0.3 is 6.09 Å². The van der Waals surface area contributed by atoms with Gasteiger partial charge in [0.1, 0.15) is 0 Å². The number of nitrogens with one attached hydrogen (secondary N) is 1. The minimum absolute atomic E-state index is 0.0752. The zero-order chi connectivity index (χ0) is 21.4. The van der Waals surface area contributed by atoms with Crippen molar-refractivity contribution in [2.75, 3.05) is 13.7 Å². The molecule has 2 saturated carbocycles. The average molecular weight is 415 g/mol. The van der Waals surface area contributed by atoms with Gasteiger partial charge in [0.15, 0.2) is 11.5 Å². The molecule has 2 aliphatic rings. The molecular formula is C24H34N2O4. The molecule has 6 heteroatoms. The van der Waals surface area contributed by atoms with Crippen LogP contribution in [0.1, 0.15) is 76.7 Å².